The van der Waals surface area contributed by atoms with Gasteiger partial charge < -0.3 is 24.6 Å². The maximum Gasteiger partial charge on any atom is 0.226 e. The van der Waals surface area contributed by atoms with Gasteiger partial charge in [0.15, 0.2) is 17.3 Å². The minimum absolute atomic E-state index is 0.0111. The van der Waals surface area contributed by atoms with Crippen LogP contribution < -0.4 is 19.5 Å². The zero-order chi connectivity index (χ0) is 23.1. The molecule has 0 saturated carbocycles. The summed E-state index contributed by atoms with van der Waals surface area (Å²) in [5.74, 6) is 2.22. The number of nitrogens with zero attached hydrogens (tertiary/aromatic N) is 3. The van der Waals surface area contributed by atoms with E-state index in [1.165, 1.54) is 6.33 Å². The Bertz CT molecular complexity index is 1240. The molecule has 0 fully saturated rings. The van der Waals surface area contributed by atoms with E-state index in [4.69, 9.17) is 14.2 Å². The van der Waals surface area contributed by atoms with Gasteiger partial charge in [-0.2, -0.15) is 10.1 Å². The Labute approximate surface area is 190 Å². The van der Waals surface area contributed by atoms with Crippen molar-refractivity contribution < 1.29 is 24.1 Å². The van der Waals surface area contributed by atoms with E-state index in [-0.39, 0.29) is 17.5 Å². The van der Waals surface area contributed by atoms with Gasteiger partial charge in [0.2, 0.25) is 11.7 Å². The highest BCUT2D eigenvalue weighted by atomic mass is 16.5. The van der Waals surface area contributed by atoms with Gasteiger partial charge in [0.05, 0.1) is 21.3 Å². The Morgan fingerprint density at radius 1 is 1.03 bits per heavy atom. The van der Waals surface area contributed by atoms with E-state index >= 15 is 0 Å². The fraction of sp³-hybridized carbons (Fsp3) is 0.292. The molecule has 9 heteroatoms. The minimum atomic E-state index is -0.459. The molecule has 3 aromatic rings. The van der Waals surface area contributed by atoms with Crippen LogP contribution >= 0.6 is 0 Å². The molecular weight excluding hydrogens is 424 g/mol. The summed E-state index contributed by atoms with van der Waals surface area (Å²) in [6.45, 7) is 0. The van der Waals surface area contributed by atoms with E-state index < -0.39 is 6.04 Å². The number of allylic oxidation sites excluding steroid dienone is 2. The average Bonchev–Trinajstić information content (AvgIpc) is 3.29. The van der Waals surface area contributed by atoms with Crippen molar-refractivity contribution in [2.24, 2.45) is 0 Å². The molecule has 0 spiro atoms. The van der Waals surface area contributed by atoms with Crippen LogP contribution in [0, 0.1) is 0 Å². The fourth-order valence-corrected chi connectivity index (χ4v) is 4.73. The highest BCUT2D eigenvalue weighted by Crippen LogP contribution is 2.47. The number of hydrogen-bond acceptors (Lipinski definition) is 8. The van der Waals surface area contributed by atoms with Crippen LogP contribution in [0.25, 0.3) is 0 Å². The Morgan fingerprint density at radius 3 is 2.45 bits per heavy atom. The molecule has 2 heterocycles. The number of nitrogens with one attached hydrogen (secondary N) is 1. The number of phenolic OH excluding ortho intramolecular Hbond substituents is 1. The van der Waals surface area contributed by atoms with Crippen molar-refractivity contribution in [3.63, 3.8) is 0 Å². The Hall–Kier alpha value is -4.01. The first-order chi connectivity index (χ1) is 16.0. The third kappa shape index (κ3) is 3.45. The van der Waals surface area contributed by atoms with Gasteiger partial charge in [-0.15, -0.1) is 0 Å². The molecule has 170 valence electrons. The van der Waals surface area contributed by atoms with Gasteiger partial charge in [0, 0.05) is 17.7 Å². The van der Waals surface area contributed by atoms with Crippen molar-refractivity contribution in [3.8, 4) is 23.0 Å². The molecule has 0 radical (unpaired) electrons. The number of methoxy groups -OCH3 is 3. The Kier molecular flexibility index (Phi) is 5.16. The van der Waals surface area contributed by atoms with Crippen molar-refractivity contribution in [1.29, 1.82) is 0 Å². The number of ether oxygens (including phenoxy) is 3. The SMILES string of the molecule is COc1cc(C2CC(=O)C3=C(C2)Nc2ncnn2C3c2cccc(O)c2)cc(OC)c1OC. The summed E-state index contributed by atoms with van der Waals surface area (Å²) in [6.07, 6.45) is 2.37. The monoisotopic (exact) mass is 448 g/mol. The quantitative estimate of drug-likeness (QED) is 0.611. The van der Waals surface area contributed by atoms with Gasteiger partial charge in [-0.25, -0.2) is 4.68 Å². The van der Waals surface area contributed by atoms with Crippen molar-refractivity contribution in [2.45, 2.75) is 24.8 Å². The van der Waals surface area contributed by atoms with E-state index in [0.29, 0.717) is 41.6 Å². The van der Waals surface area contributed by atoms with Crippen LogP contribution in [0.4, 0.5) is 5.95 Å². The number of benzene rings is 2. The minimum Gasteiger partial charge on any atom is -0.508 e. The van der Waals surface area contributed by atoms with Crippen molar-refractivity contribution >= 4 is 11.7 Å². The zero-order valence-corrected chi connectivity index (χ0v) is 18.5. The smallest absolute Gasteiger partial charge is 0.226 e. The first kappa shape index (κ1) is 20.9. The Morgan fingerprint density at radius 2 is 1.79 bits per heavy atom. The number of aromatic nitrogens is 3. The normalized spacial score (nSPS) is 19.4. The van der Waals surface area contributed by atoms with E-state index in [1.54, 1.807) is 44.2 Å². The molecule has 0 bridgehead atoms. The average molecular weight is 448 g/mol. The molecule has 1 aliphatic heterocycles. The van der Waals surface area contributed by atoms with Gasteiger partial charge in [-0.1, -0.05) is 12.1 Å². The zero-order valence-electron chi connectivity index (χ0n) is 18.5. The van der Waals surface area contributed by atoms with E-state index in [1.807, 2.05) is 18.2 Å². The van der Waals surface area contributed by atoms with Gasteiger partial charge in [-0.3, -0.25) is 4.79 Å². The highest BCUT2D eigenvalue weighted by Gasteiger charge is 2.39. The molecule has 2 N–H and O–H groups in total. The van der Waals surface area contributed by atoms with Crippen LogP contribution in [0.15, 0.2) is 54.0 Å². The molecule has 2 atom stereocenters. The Balaban J connectivity index is 1.58. The fourth-order valence-electron chi connectivity index (χ4n) is 4.73. The second-order valence-electron chi connectivity index (χ2n) is 8.03. The highest BCUT2D eigenvalue weighted by molar-refractivity contribution is 6.00. The summed E-state index contributed by atoms with van der Waals surface area (Å²) in [7, 11) is 4.71. The van der Waals surface area contributed by atoms with Crippen LogP contribution in [-0.2, 0) is 4.79 Å². The number of fused-ring (bicyclic) bond motifs is 1. The summed E-state index contributed by atoms with van der Waals surface area (Å²) in [4.78, 5) is 17.9. The summed E-state index contributed by atoms with van der Waals surface area (Å²) in [5, 5.41) is 17.7. The first-order valence-electron chi connectivity index (χ1n) is 10.6. The lowest BCUT2D eigenvalue weighted by atomic mass is 9.77. The first-order valence-corrected chi connectivity index (χ1v) is 10.6. The lowest BCUT2D eigenvalue weighted by Gasteiger charge is -2.35. The predicted octanol–water partition coefficient (Wildman–Crippen LogP) is 3.43. The standard InChI is InChI=1S/C24H24N4O5/c1-31-19-10-15(11-20(32-2)23(19)33-3)14-8-17-21(18(30)9-14)22(13-5-4-6-16(29)7-13)28-24(27-17)25-12-26-28/h4-7,10-12,14,22,29H,8-9H2,1-3H3,(H,25,26,27). The molecule has 0 amide bonds. The molecule has 9 nitrogen and oxygen atoms in total. The summed E-state index contributed by atoms with van der Waals surface area (Å²) in [5.41, 5.74) is 3.14. The van der Waals surface area contributed by atoms with E-state index in [2.05, 4.69) is 15.4 Å². The predicted molar refractivity (Wildman–Crippen MR) is 120 cm³/mol. The molecule has 2 unspecified atom stereocenters. The molecule has 2 aromatic carbocycles. The van der Waals surface area contributed by atoms with Crippen LogP contribution in [0.5, 0.6) is 23.0 Å². The molecule has 33 heavy (non-hydrogen) atoms. The van der Waals surface area contributed by atoms with E-state index in [0.717, 1.165) is 16.8 Å². The van der Waals surface area contributed by atoms with Crippen LogP contribution in [0.3, 0.4) is 0 Å². The van der Waals surface area contributed by atoms with Gasteiger partial charge in [0.25, 0.3) is 0 Å². The third-order valence-electron chi connectivity index (χ3n) is 6.21. The molecule has 0 saturated heterocycles. The largest absolute Gasteiger partial charge is 0.508 e. The number of ketones is 1. The maximum absolute atomic E-state index is 13.5. The number of hydrogen-bond donors (Lipinski definition) is 2. The van der Waals surface area contributed by atoms with Gasteiger partial charge in [-0.05, 0) is 47.7 Å². The van der Waals surface area contributed by atoms with Crippen LogP contribution in [-0.4, -0.2) is 47.0 Å². The lowest BCUT2D eigenvalue weighted by molar-refractivity contribution is -0.116. The number of carbonyl (C=O) groups is 1. The third-order valence-corrected chi connectivity index (χ3v) is 6.21. The summed E-state index contributed by atoms with van der Waals surface area (Å²) >= 11 is 0. The summed E-state index contributed by atoms with van der Waals surface area (Å²) in [6, 6.07) is 10.2. The second kappa shape index (κ2) is 8.16. The van der Waals surface area contributed by atoms with Crippen LogP contribution in [0.1, 0.15) is 35.9 Å². The topological polar surface area (TPSA) is 108 Å². The number of aromatic hydroxyl groups is 1. The molecule has 1 aromatic heterocycles. The number of carbonyl (C=O) groups excluding carboxylic acids is 1. The molecule has 5 rings (SSSR count). The van der Waals surface area contributed by atoms with Gasteiger partial charge >= 0.3 is 0 Å². The summed E-state index contributed by atoms with van der Waals surface area (Å²) < 4.78 is 18.1. The lowest BCUT2D eigenvalue weighted by Crippen LogP contribution is -2.33. The van der Waals surface area contributed by atoms with Crippen LogP contribution in [0.2, 0.25) is 0 Å². The van der Waals surface area contributed by atoms with E-state index in [9.17, 15) is 9.90 Å². The van der Waals surface area contributed by atoms with Crippen molar-refractivity contribution in [2.75, 3.05) is 26.6 Å². The van der Waals surface area contributed by atoms with Crippen molar-refractivity contribution in [3.05, 3.63) is 65.1 Å². The number of phenols is 1. The number of Topliss-reactive ketones (excluding diaryl/α,β-unsaturated/α-hetero) is 1. The second-order valence-corrected chi connectivity index (χ2v) is 8.03. The number of anilines is 1. The molecular formula is C24H24N4O5. The van der Waals surface area contributed by atoms with Gasteiger partial charge in [0.1, 0.15) is 18.1 Å². The molecule has 1 aliphatic carbocycles. The number of rotatable bonds is 5. The molecule has 2 aliphatic rings. The maximum atomic E-state index is 13.5. The van der Waals surface area contributed by atoms with Crippen molar-refractivity contribution in [1.82, 2.24) is 14.8 Å².